The number of hydrogen-bond acceptors (Lipinski definition) is 3. The van der Waals surface area contributed by atoms with Crippen LogP contribution in [0.15, 0.2) is 6.20 Å². The van der Waals surface area contributed by atoms with Gasteiger partial charge in [0.05, 0.1) is 17.8 Å². The molecule has 94 valence electrons. The van der Waals surface area contributed by atoms with Gasteiger partial charge in [-0.3, -0.25) is 9.48 Å². The molecule has 0 atom stereocenters. The first-order valence-corrected chi connectivity index (χ1v) is 5.64. The van der Waals surface area contributed by atoms with Gasteiger partial charge < -0.3 is 10.0 Å². The van der Waals surface area contributed by atoms with Crippen molar-refractivity contribution in [3.63, 3.8) is 0 Å². The van der Waals surface area contributed by atoms with Gasteiger partial charge in [-0.15, -0.1) is 6.42 Å². The van der Waals surface area contributed by atoms with Gasteiger partial charge in [-0.1, -0.05) is 0 Å². The molecule has 0 unspecified atom stereocenters. The van der Waals surface area contributed by atoms with E-state index < -0.39 is 6.09 Å². The number of aldehydes is 1. The van der Waals surface area contributed by atoms with Crippen molar-refractivity contribution in [3.8, 4) is 12.3 Å². The average molecular weight is 247 g/mol. The summed E-state index contributed by atoms with van der Waals surface area (Å²) in [5.41, 5.74) is 0.872. The van der Waals surface area contributed by atoms with Crippen LogP contribution >= 0.6 is 0 Å². The van der Waals surface area contributed by atoms with Crippen LogP contribution in [0.4, 0.5) is 4.79 Å². The van der Waals surface area contributed by atoms with Crippen LogP contribution in [0.3, 0.4) is 0 Å². The summed E-state index contributed by atoms with van der Waals surface area (Å²) in [7, 11) is 0. The zero-order chi connectivity index (χ0) is 13.1. The molecule has 1 aliphatic heterocycles. The number of aromatic nitrogens is 2. The molecule has 0 radical (unpaired) electrons. The quantitative estimate of drug-likeness (QED) is 0.624. The third-order valence-electron chi connectivity index (χ3n) is 3.17. The summed E-state index contributed by atoms with van der Waals surface area (Å²) in [4.78, 5) is 23.0. The van der Waals surface area contributed by atoms with Crippen molar-refractivity contribution in [2.24, 2.45) is 0 Å². The maximum absolute atomic E-state index is 10.8. The van der Waals surface area contributed by atoms with Crippen LogP contribution < -0.4 is 0 Å². The summed E-state index contributed by atoms with van der Waals surface area (Å²) < 4.78 is 1.66. The molecule has 0 aliphatic carbocycles. The SMILES string of the molecule is C#Cc1c(C=O)cnn1C1CCN(C(=O)O)CC1. The minimum atomic E-state index is -0.903. The first kappa shape index (κ1) is 12.2. The van der Waals surface area contributed by atoms with Crippen LogP contribution in [0.2, 0.25) is 0 Å². The zero-order valence-electron chi connectivity index (χ0n) is 9.74. The lowest BCUT2D eigenvalue weighted by Gasteiger charge is -2.30. The maximum Gasteiger partial charge on any atom is 0.407 e. The zero-order valence-corrected chi connectivity index (χ0v) is 9.74. The van der Waals surface area contributed by atoms with Gasteiger partial charge >= 0.3 is 6.09 Å². The average Bonchev–Trinajstić information content (AvgIpc) is 2.81. The number of piperidine rings is 1. The number of amides is 1. The van der Waals surface area contributed by atoms with Gasteiger partial charge in [-0.2, -0.15) is 5.10 Å². The highest BCUT2D eigenvalue weighted by molar-refractivity contribution is 5.77. The van der Waals surface area contributed by atoms with Crippen LogP contribution in [0.25, 0.3) is 0 Å². The van der Waals surface area contributed by atoms with Crippen LogP contribution in [0.1, 0.15) is 34.9 Å². The van der Waals surface area contributed by atoms with E-state index in [0.29, 0.717) is 43.5 Å². The van der Waals surface area contributed by atoms with Crippen LogP contribution in [-0.4, -0.2) is 45.3 Å². The predicted octanol–water partition coefficient (Wildman–Crippen LogP) is 0.992. The Hall–Kier alpha value is -2.29. The smallest absolute Gasteiger partial charge is 0.407 e. The largest absolute Gasteiger partial charge is 0.465 e. The fraction of sp³-hybridized carbons (Fsp3) is 0.417. The molecule has 1 N–H and O–H groups in total. The van der Waals surface area contributed by atoms with Gasteiger partial charge in [-0.05, 0) is 18.8 Å². The third-order valence-corrected chi connectivity index (χ3v) is 3.17. The molecule has 0 spiro atoms. The van der Waals surface area contributed by atoms with Gasteiger partial charge in [0.25, 0.3) is 0 Å². The fourth-order valence-electron chi connectivity index (χ4n) is 2.19. The Morgan fingerprint density at radius 2 is 2.22 bits per heavy atom. The van der Waals surface area contributed by atoms with Crippen LogP contribution in [-0.2, 0) is 0 Å². The number of terminal acetylenes is 1. The number of carbonyl (C=O) groups is 2. The van der Waals surface area contributed by atoms with Crippen LogP contribution in [0.5, 0.6) is 0 Å². The highest BCUT2D eigenvalue weighted by Gasteiger charge is 2.25. The van der Waals surface area contributed by atoms with E-state index in [0.717, 1.165) is 0 Å². The third kappa shape index (κ3) is 2.07. The molecule has 6 nitrogen and oxygen atoms in total. The van der Waals surface area contributed by atoms with E-state index in [1.807, 2.05) is 0 Å². The number of carboxylic acid groups (broad SMARTS) is 1. The second-order valence-corrected chi connectivity index (χ2v) is 4.16. The Morgan fingerprint density at radius 1 is 1.56 bits per heavy atom. The van der Waals surface area contributed by atoms with E-state index in [1.54, 1.807) is 4.68 Å². The topological polar surface area (TPSA) is 75.4 Å². The fourth-order valence-corrected chi connectivity index (χ4v) is 2.19. The van der Waals surface area contributed by atoms with E-state index in [-0.39, 0.29) is 6.04 Å². The Morgan fingerprint density at radius 3 is 2.72 bits per heavy atom. The minimum absolute atomic E-state index is 0.0559. The maximum atomic E-state index is 10.8. The van der Waals surface area contributed by atoms with Gasteiger partial charge in [0, 0.05) is 13.1 Å². The molecule has 1 saturated heterocycles. The number of hydrogen-bond donors (Lipinski definition) is 1. The molecule has 1 aromatic heterocycles. The summed E-state index contributed by atoms with van der Waals surface area (Å²) in [6, 6.07) is 0.0559. The lowest BCUT2D eigenvalue weighted by atomic mass is 10.1. The normalized spacial score (nSPS) is 16.3. The molecule has 1 amide bonds. The van der Waals surface area contributed by atoms with Gasteiger partial charge in [-0.25, -0.2) is 4.79 Å². The molecule has 2 heterocycles. The summed E-state index contributed by atoms with van der Waals surface area (Å²) in [5.74, 6) is 2.47. The molecule has 0 aromatic carbocycles. The molecule has 0 saturated carbocycles. The number of likely N-dealkylation sites (tertiary alicyclic amines) is 1. The van der Waals surface area contributed by atoms with E-state index in [1.165, 1.54) is 11.1 Å². The highest BCUT2D eigenvalue weighted by atomic mass is 16.4. The summed E-state index contributed by atoms with van der Waals surface area (Å²) >= 11 is 0. The Balaban J connectivity index is 2.15. The Bertz CT molecular complexity index is 507. The first-order valence-electron chi connectivity index (χ1n) is 5.64. The molecule has 1 aromatic rings. The van der Waals surface area contributed by atoms with Crippen molar-refractivity contribution >= 4 is 12.4 Å². The lowest BCUT2D eigenvalue weighted by molar-refractivity contribution is 0.112. The van der Waals surface area contributed by atoms with Crippen molar-refractivity contribution < 1.29 is 14.7 Å². The molecule has 0 bridgehead atoms. The molecule has 2 rings (SSSR count). The summed E-state index contributed by atoms with van der Waals surface area (Å²) in [6.45, 7) is 0.917. The van der Waals surface area contributed by atoms with Crippen molar-refractivity contribution in [3.05, 3.63) is 17.5 Å². The molecular formula is C12H13N3O3. The molecular weight excluding hydrogens is 234 g/mol. The van der Waals surface area contributed by atoms with E-state index in [2.05, 4.69) is 11.0 Å². The second kappa shape index (κ2) is 4.92. The van der Waals surface area contributed by atoms with Crippen molar-refractivity contribution in [2.45, 2.75) is 18.9 Å². The molecule has 1 fully saturated rings. The summed E-state index contributed by atoms with van der Waals surface area (Å²) in [6.07, 6.45) is 7.92. The number of rotatable bonds is 2. The Kier molecular flexibility index (Phi) is 3.33. The van der Waals surface area contributed by atoms with Crippen LogP contribution in [0, 0.1) is 12.3 Å². The van der Waals surface area contributed by atoms with E-state index in [4.69, 9.17) is 11.5 Å². The van der Waals surface area contributed by atoms with E-state index in [9.17, 15) is 9.59 Å². The van der Waals surface area contributed by atoms with Gasteiger partial charge in [0.15, 0.2) is 6.29 Å². The van der Waals surface area contributed by atoms with Crippen molar-refractivity contribution in [1.82, 2.24) is 14.7 Å². The van der Waals surface area contributed by atoms with Crippen molar-refractivity contribution in [1.29, 1.82) is 0 Å². The lowest BCUT2D eigenvalue weighted by Crippen LogP contribution is -2.38. The van der Waals surface area contributed by atoms with Gasteiger partial charge in [0.2, 0.25) is 0 Å². The Labute approximate surface area is 104 Å². The van der Waals surface area contributed by atoms with E-state index >= 15 is 0 Å². The number of nitrogens with zero attached hydrogens (tertiary/aromatic N) is 3. The monoisotopic (exact) mass is 247 g/mol. The number of carbonyl (C=O) groups excluding carboxylic acids is 1. The predicted molar refractivity (Wildman–Crippen MR) is 63.4 cm³/mol. The minimum Gasteiger partial charge on any atom is -0.465 e. The van der Waals surface area contributed by atoms with Crippen molar-refractivity contribution in [2.75, 3.05) is 13.1 Å². The first-order chi connectivity index (χ1) is 8.67. The molecule has 6 heteroatoms. The highest BCUT2D eigenvalue weighted by Crippen LogP contribution is 2.24. The molecule has 1 aliphatic rings. The standard InChI is InChI=1S/C12H13N3O3/c1-2-11-9(8-16)7-13-15(11)10-3-5-14(6-4-10)12(17)18/h1,7-8,10H,3-6H2,(H,17,18). The van der Waals surface area contributed by atoms with Gasteiger partial charge in [0.1, 0.15) is 5.69 Å². The summed E-state index contributed by atoms with van der Waals surface area (Å²) in [5, 5.41) is 13.0. The molecule has 18 heavy (non-hydrogen) atoms. The second-order valence-electron chi connectivity index (χ2n) is 4.16.